The SMILES string of the molecule is CCN(CCN)Cc1nc(N)nc(N(C)C)n1. The van der Waals surface area contributed by atoms with Gasteiger partial charge in [0.05, 0.1) is 6.54 Å². The molecule has 0 amide bonds. The molecule has 1 rings (SSSR count). The van der Waals surface area contributed by atoms with Crippen molar-refractivity contribution in [2.24, 2.45) is 5.73 Å². The molecular weight excluding hydrogens is 218 g/mol. The van der Waals surface area contributed by atoms with Crippen molar-refractivity contribution in [2.75, 3.05) is 44.4 Å². The van der Waals surface area contributed by atoms with E-state index in [-0.39, 0.29) is 5.95 Å². The second kappa shape index (κ2) is 6.31. The van der Waals surface area contributed by atoms with Crippen LogP contribution >= 0.6 is 0 Å². The van der Waals surface area contributed by atoms with E-state index in [9.17, 15) is 0 Å². The van der Waals surface area contributed by atoms with E-state index in [1.165, 1.54) is 0 Å². The maximum absolute atomic E-state index is 5.66. The highest BCUT2D eigenvalue weighted by Crippen LogP contribution is 2.07. The largest absolute Gasteiger partial charge is 0.368 e. The van der Waals surface area contributed by atoms with Crippen molar-refractivity contribution in [1.82, 2.24) is 19.9 Å². The molecule has 96 valence electrons. The van der Waals surface area contributed by atoms with E-state index in [1.807, 2.05) is 14.1 Å². The third-order valence-corrected chi connectivity index (χ3v) is 2.34. The number of hydrogen-bond donors (Lipinski definition) is 2. The Morgan fingerprint density at radius 1 is 1.18 bits per heavy atom. The Morgan fingerprint density at radius 2 is 1.88 bits per heavy atom. The fraction of sp³-hybridized carbons (Fsp3) is 0.700. The summed E-state index contributed by atoms with van der Waals surface area (Å²) in [6.45, 7) is 5.06. The van der Waals surface area contributed by atoms with Crippen LogP contribution in [-0.2, 0) is 6.54 Å². The molecule has 0 aromatic carbocycles. The van der Waals surface area contributed by atoms with Gasteiger partial charge in [0.25, 0.3) is 0 Å². The Labute approximate surface area is 102 Å². The van der Waals surface area contributed by atoms with Crippen LogP contribution in [0.4, 0.5) is 11.9 Å². The van der Waals surface area contributed by atoms with Gasteiger partial charge in [0.1, 0.15) is 5.82 Å². The molecule has 0 aliphatic rings. The molecule has 0 atom stereocenters. The van der Waals surface area contributed by atoms with Crippen LogP contribution in [0.1, 0.15) is 12.7 Å². The zero-order valence-electron chi connectivity index (χ0n) is 10.7. The second-order valence-electron chi connectivity index (χ2n) is 3.96. The quantitative estimate of drug-likeness (QED) is 0.677. The first kappa shape index (κ1) is 13.6. The monoisotopic (exact) mass is 239 g/mol. The number of rotatable bonds is 6. The normalized spacial score (nSPS) is 10.9. The van der Waals surface area contributed by atoms with E-state index in [4.69, 9.17) is 11.5 Å². The van der Waals surface area contributed by atoms with Crippen molar-refractivity contribution in [3.63, 3.8) is 0 Å². The van der Waals surface area contributed by atoms with Crippen LogP contribution in [0.3, 0.4) is 0 Å². The molecule has 4 N–H and O–H groups in total. The van der Waals surface area contributed by atoms with Crippen LogP contribution in [-0.4, -0.2) is 53.6 Å². The number of nitrogen functional groups attached to an aromatic ring is 1. The molecule has 0 unspecified atom stereocenters. The lowest BCUT2D eigenvalue weighted by atomic mass is 10.4. The molecule has 0 aliphatic carbocycles. The number of anilines is 2. The predicted octanol–water partition coefficient (Wildman–Crippen LogP) is -0.700. The molecule has 0 spiro atoms. The first-order chi connectivity index (χ1) is 8.06. The summed E-state index contributed by atoms with van der Waals surface area (Å²) in [5.74, 6) is 1.51. The number of aromatic nitrogens is 3. The van der Waals surface area contributed by atoms with Gasteiger partial charge in [-0.05, 0) is 6.54 Å². The maximum Gasteiger partial charge on any atom is 0.229 e. The average Bonchev–Trinajstić information content (AvgIpc) is 2.27. The van der Waals surface area contributed by atoms with Gasteiger partial charge in [-0.3, -0.25) is 4.90 Å². The van der Waals surface area contributed by atoms with Crippen molar-refractivity contribution in [2.45, 2.75) is 13.5 Å². The zero-order chi connectivity index (χ0) is 12.8. The summed E-state index contributed by atoms with van der Waals surface area (Å²) < 4.78 is 0. The summed E-state index contributed by atoms with van der Waals surface area (Å²) >= 11 is 0. The van der Waals surface area contributed by atoms with Crippen LogP contribution in [0, 0.1) is 0 Å². The van der Waals surface area contributed by atoms with Crippen LogP contribution in [0.15, 0.2) is 0 Å². The van der Waals surface area contributed by atoms with E-state index in [0.29, 0.717) is 24.9 Å². The standard InChI is InChI=1S/C10H21N7/c1-4-17(6-5-11)7-8-13-9(12)15-10(14-8)16(2)3/h4-7,11H2,1-3H3,(H2,12,13,14,15). The fourth-order valence-electron chi connectivity index (χ4n) is 1.43. The van der Waals surface area contributed by atoms with E-state index < -0.39 is 0 Å². The highest BCUT2D eigenvalue weighted by molar-refractivity contribution is 5.32. The molecule has 1 aromatic heterocycles. The highest BCUT2D eigenvalue weighted by Gasteiger charge is 2.09. The Bertz CT molecular complexity index is 353. The summed E-state index contributed by atoms with van der Waals surface area (Å²) in [6.07, 6.45) is 0. The molecule has 1 heterocycles. The van der Waals surface area contributed by atoms with Gasteiger partial charge < -0.3 is 16.4 Å². The van der Waals surface area contributed by atoms with Gasteiger partial charge in [-0.25, -0.2) is 0 Å². The van der Waals surface area contributed by atoms with Gasteiger partial charge >= 0.3 is 0 Å². The summed E-state index contributed by atoms with van der Waals surface area (Å²) in [6, 6.07) is 0. The molecule has 0 bridgehead atoms. The summed E-state index contributed by atoms with van der Waals surface area (Å²) in [5.41, 5.74) is 11.2. The van der Waals surface area contributed by atoms with E-state index in [2.05, 4.69) is 26.8 Å². The van der Waals surface area contributed by atoms with Crippen molar-refractivity contribution < 1.29 is 0 Å². The first-order valence-electron chi connectivity index (χ1n) is 5.67. The van der Waals surface area contributed by atoms with E-state index in [0.717, 1.165) is 13.1 Å². The summed E-state index contributed by atoms with van der Waals surface area (Å²) in [7, 11) is 3.74. The van der Waals surface area contributed by atoms with Crippen molar-refractivity contribution in [3.05, 3.63) is 5.82 Å². The topological polar surface area (TPSA) is 97.2 Å². The molecular formula is C10H21N7. The lowest BCUT2D eigenvalue weighted by Gasteiger charge is -2.19. The van der Waals surface area contributed by atoms with Crippen LogP contribution < -0.4 is 16.4 Å². The van der Waals surface area contributed by atoms with Crippen molar-refractivity contribution in [1.29, 1.82) is 0 Å². The second-order valence-corrected chi connectivity index (χ2v) is 3.96. The van der Waals surface area contributed by atoms with Gasteiger partial charge in [0.2, 0.25) is 11.9 Å². The molecule has 7 heteroatoms. The minimum Gasteiger partial charge on any atom is -0.368 e. The van der Waals surface area contributed by atoms with Gasteiger partial charge in [-0.15, -0.1) is 0 Å². The van der Waals surface area contributed by atoms with E-state index in [1.54, 1.807) is 4.90 Å². The molecule has 7 nitrogen and oxygen atoms in total. The summed E-state index contributed by atoms with van der Waals surface area (Å²) in [5, 5.41) is 0. The van der Waals surface area contributed by atoms with Gasteiger partial charge in [0, 0.05) is 27.2 Å². The molecule has 17 heavy (non-hydrogen) atoms. The van der Waals surface area contributed by atoms with Gasteiger partial charge in [-0.1, -0.05) is 6.92 Å². The smallest absolute Gasteiger partial charge is 0.229 e. The molecule has 0 fully saturated rings. The Balaban J connectivity index is 2.82. The molecule has 0 radical (unpaired) electrons. The Kier molecular flexibility index (Phi) is 5.05. The van der Waals surface area contributed by atoms with E-state index >= 15 is 0 Å². The lowest BCUT2D eigenvalue weighted by molar-refractivity contribution is 0.281. The zero-order valence-corrected chi connectivity index (χ0v) is 10.7. The van der Waals surface area contributed by atoms with Crippen LogP contribution in [0.5, 0.6) is 0 Å². The lowest BCUT2D eigenvalue weighted by Crippen LogP contribution is -2.30. The molecule has 0 saturated carbocycles. The minimum absolute atomic E-state index is 0.252. The Hall–Kier alpha value is -1.47. The minimum atomic E-state index is 0.252. The number of likely N-dealkylation sites (N-methyl/N-ethyl adjacent to an activating group) is 1. The Morgan fingerprint density at radius 3 is 2.41 bits per heavy atom. The third kappa shape index (κ3) is 4.12. The predicted molar refractivity (Wildman–Crippen MR) is 68.6 cm³/mol. The number of nitrogens with two attached hydrogens (primary N) is 2. The average molecular weight is 239 g/mol. The third-order valence-electron chi connectivity index (χ3n) is 2.34. The van der Waals surface area contributed by atoms with Crippen molar-refractivity contribution in [3.8, 4) is 0 Å². The molecule has 0 saturated heterocycles. The fourth-order valence-corrected chi connectivity index (χ4v) is 1.43. The first-order valence-corrected chi connectivity index (χ1v) is 5.67. The highest BCUT2D eigenvalue weighted by atomic mass is 15.3. The van der Waals surface area contributed by atoms with Crippen LogP contribution in [0.25, 0.3) is 0 Å². The van der Waals surface area contributed by atoms with Gasteiger partial charge in [0.15, 0.2) is 0 Å². The number of nitrogens with zero attached hydrogens (tertiary/aromatic N) is 5. The van der Waals surface area contributed by atoms with Crippen LogP contribution in [0.2, 0.25) is 0 Å². The van der Waals surface area contributed by atoms with Gasteiger partial charge in [-0.2, -0.15) is 15.0 Å². The molecule has 1 aromatic rings. The summed E-state index contributed by atoms with van der Waals surface area (Å²) in [4.78, 5) is 16.5. The molecule has 0 aliphatic heterocycles. The van der Waals surface area contributed by atoms with Crippen molar-refractivity contribution >= 4 is 11.9 Å². The maximum atomic E-state index is 5.66. The number of hydrogen-bond acceptors (Lipinski definition) is 7.